The van der Waals surface area contributed by atoms with Crippen molar-refractivity contribution < 1.29 is 9.66 Å². The van der Waals surface area contributed by atoms with Gasteiger partial charge in [0.25, 0.3) is 5.69 Å². The summed E-state index contributed by atoms with van der Waals surface area (Å²) >= 11 is 0. The lowest BCUT2D eigenvalue weighted by atomic mass is 10.2. The Morgan fingerprint density at radius 2 is 2.10 bits per heavy atom. The maximum atomic E-state index is 10.7. The third kappa shape index (κ3) is 2.69. The first-order chi connectivity index (χ1) is 9.51. The average molecular weight is 275 g/mol. The number of nitrogens with zero attached hydrogens (tertiary/aromatic N) is 3. The first-order valence-electron chi connectivity index (χ1n) is 5.66. The van der Waals surface area contributed by atoms with Crippen molar-refractivity contribution in [2.24, 2.45) is 10.9 Å². The Bertz CT molecular complexity index is 723. The summed E-state index contributed by atoms with van der Waals surface area (Å²) in [6.45, 7) is 1.72. The maximum Gasteiger partial charge on any atom is 0.269 e. The molecule has 0 unspecified atom stereocenters. The number of aromatic nitrogens is 1. The predicted molar refractivity (Wildman–Crippen MR) is 72.2 cm³/mol. The number of nitro benzene ring substituents is 1. The molecular formula is C12H13N5O3. The van der Waals surface area contributed by atoms with Crippen LogP contribution in [0.15, 0.2) is 41.6 Å². The molecule has 104 valence electrons. The van der Waals surface area contributed by atoms with Gasteiger partial charge in [0.1, 0.15) is 11.5 Å². The van der Waals surface area contributed by atoms with Gasteiger partial charge in [0, 0.05) is 24.4 Å². The standard InChI is InChI=1S/C12H13N5O3/c1-8-6-9(17(18)19)2-3-11(8)20-10-4-5-16(14)12(7-10)15-13/h2-7H,13-14H2,1H3/b15-12-. The molecule has 0 aliphatic rings. The Kier molecular flexibility index (Phi) is 3.56. The third-order valence-electron chi connectivity index (χ3n) is 2.66. The Morgan fingerprint density at radius 1 is 1.35 bits per heavy atom. The molecule has 1 aromatic heterocycles. The van der Waals surface area contributed by atoms with E-state index >= 15 is 0 Å². The summed E-state index contributed by atoms with van der Waals surface area (Å²) in [5.74, 6) is 11.8. The zero-order chi connectivity index (χ0) is 14.7. The van der Waals surface area contributed by atoms with E-state index < -0.39 is 4.92 Å². The summed E-state index contributed by atoms with van der Waals surface area (Å²) in [6, 6.07) is 7.55. The highest BCUT2D eigenvalue weighted by Crippen LogP contribution is 2.27. The molecule has 0 spiro atoms. The number of pyridine rings is 1. The summed E-state index contributed by atoms with van der Waals surface area (Å²) in [5, 5.41) is 14.2. The zero-order valence-electron chi connectivity index (χ0n) is 10.7. The van der Waals surface area contributed by atoms with E-state index in [2.05, 4.69) is 5.10 Å². The Morgan fingerprint density at radius 3 is 2.70 bits per heavy atom. The minimum Gasteiger partial charge on any atom is -0.457 e. The Labute approximate surface area is 114 Å². The number of benzene rings is 1. The number of hydrogen-bond donors (Lipinski definition) is 2. The van der Waals surface area contributed by atoms with Crippen LogP contribution in [0.1, 0.15) is 5.56 Å². The molecule has 0 bridgehead atoms. The van der Waals surface area contributed by atoms with Crippen molar-refractivity contribution in [3.8, 4) is 11.5 Å². The van der Waals surface area contributed by atoms with Gasteiger partial charge in [-0.15, -0.1) is 0 Å². The monoisotopic (exact) mass is 275 g/mol. The van der Waals surface area contributed by atoms with Crippen LogP contribution in [0.3, 0.4) is 0 Å². The van der Waals surface area contributed by atoms with E-state index in [1.165, 1.54) is 22.9 Å². The Balaban J connectivity index is 2.33. The lowest BCUT2D eigenvalue weighted by Crippen LogP contribution is -2.28. The van der Waals surface area contributed by atoms with Gasteiger partial charge in [0.05, 0.1) is 4.92 Å². The molecule has 0 aliphatic carbocycles. The van der Waals surface area contributed by atoms with Crippen molar-refractivity contribution in [1.29, 1.82) is 0 Å². The number of rotatable bonds is 3. The zero-order valence-corrected chi connectivity index (χ0v) is 10.7. The highest BCUT2D eigenvalue weighted by Gasteiger charge is 2.09. The second kappa shape index (κ2) is 5.31. The number of non-ortho nitro benzene ring substituents is 1. The first kappa shape index (κ1) is 13.4. The van der Waals surface area contributed by atoms with Crippen LogP contribution < -0.4 is 21.9 Å². The highest BCUT2D eigenvalue weighted by atomic mass is 16.6. The topological polar surface area (TPSA) is 122 Å². The quantitative estimate of drug-likeness (QED) is 0.491. The number of nitrogens with two attached hydrogens (primary N) is 2. The van der Waals surface area contributed by atoms with Gasteiger partial charge >= 0.3 is 0 Å². The summed E-state index contributed by atoms with van der Waals surface area (Å²) in [6.07, 6.45) is 1.54. The van der Waals surface area contributed by atoms with Crippen LogP contribution in [0.5, 0.6) is 11.5 Å². The average Bonchev–Trinajstić information content (AvgIpc) is 2.42. The molecule has 0 saturated heterocycles. The summed E-state index contributed by atoms with van der Waals surface area (Å²) in [5.41, 5.74) is 0.998. The van der Waals surface area contributed by atoms with E-state index in [0.717, 1.165) is 0 Å². The van der Waals surface area contributed by atoms with Gasteiger partial charge in [-0.2, -0.15) is 5.10 Å². The molecule has 0 aliphatic heterocycles. The van der Waals surface area contributed by atoms with E-state index in [0.29, 0.717) is 22.6 Å². The van der Waals surface area contributed by atoms with E-state index in [4.69, 9.17) is 16.4 Å². The van der Waals surface area contributed by atoms with Crippen LogP contribution in [0.2, 0.25) is 0 Å². The molecule has 8 heteroatoms. The van der Waals surface area contributed by atoms with Crippen molar-refractivity contribution in [2.75, 3.05) is 5.84 Å². The van der Waals surface area contributed by atoms with Crippen molar-refractivity contribution in [3.63, 3.8) is 0 Å². The SMILES string of the molecule is Cc1cc([N+](=O)[O-])ccc1Oc1ccn(N)/c(=N\N)c1. The van der Waals surface area contributed by atoms with Gasteiger partial charge < -0.3 is 16.4 Å². The van der Waals surface area contributed by atoms with E-state index in [1.54, 1.807) is 25.3 Å². The van der Waals surface area contributed by atoms with Gasteiger partial charge in [0.2, 0.25) is 0 Å². The van der Waals surface area contributed by atoms with E-state index in [9.17, 15) is 10.1 Å². The molecule has 0 radical (unpaired) electrons. The van der Waals surface area contributed by atoms with Gasteiger partial charge in [-0.3, -0.25) is 14.8 Å². The number of nitro groups is 1. The summed E-state index contributed by atoms with van der Waals surface area (Å²) < 4.78 is 6.88. The molecule has 0 atom stereocenters. The molecule has 0 fully saturated rings. The maximum absolute atomic E-state index is 10.7. The van der Waals surface area contributed by atoms with Crippen molar-refractivity contribution in [1.82, 2.24) is 4.68 Å². The summed E-state index contributed by atoms with van der Waals surface area (Å²) in [4.78, 5) is 10.2. The predicted octanol–water partition coefficient (Wildman–Crippen LogP) is 0.985. The molecule has 2 rings (SSSR count). The molecule has 20 heavy (non-hydrogen) atoms. The fraction of sp³-hybridized carbons (Fsp3) is 0.0833. The third-order valence-corrected chi connectivity index (χ3v) is 2.66. The van der Waals surface area contributed by atoms with Crippen LogP contribution in [-0.2, 0) is 0 Å². The highest BCUT2D eigenvalue weighted by molar-refractivity contribution is 5.44. The molecular weight excluding hydrogens is 262 g/mol. The molecule has 8 nitrogen and oxygen atoms in total. The molecule has 0 saturated carbocycles. The number of aryl methyl sites for hydroxylation is 1. The molecule has 2 aromatic rings. The summed E-state index contributed by atoms with van der Waals surface area (Å²) in [7, 11) is 0. The normalized spacial score (nSPS) is 11.3. The smallest absolute Gasteiger partial charge is 0.269 e. The first-order valence-corrected chi connectivity index (χ1v) is 5.66. The number of nitrogen functional groups attached to an aromatic ring is 1. The van der Waals surface area contributed by atoms with Crippen LogP contribution in [0.4, 0.5) is 5.69 Å². The largest absolute Gasteiger partial charge is 0.457 e. The van der Waals surface area contributed by atoms with Gasteiger partial charge in [-0.25, -0.2) is 0 Å². The fourth-order valence-corrected chi connectivity index (χ4v) is 1.64. The fourth-order valence-electron chi connectivity index (χ4n) is 1.64. The molecule has 4 N–H and O–H groups in total. The number of hydrogen-bond acceptors (Lipinski definition) is 6. The Hall–Kier alpha value is -3.03. The van der Waals surface area contributed by atoms with Gasteiger partial charge in [0.15, 0.2) is 5.49 Å². The van der Waals surface area contributed by atoms with Crippen molar-refractivity contribution >= 4 is 5.69 Å². The van der Waals surface area contributed by atoms with Crippen molar-refractivity contribution in [3.05, 3.63) is 57.7 Å². The second-order valence-electron chi connectivity index (χ2n) is 4.07. The second-order valence-corrected chi connectivity index (χ2v) is 4.07. The van der Waals surface area contributed by atoms with E-state index in [1.807, 2.05) is 0 Å². The minimum atomic E-state index is -0.456. The van der Waals surface area contributed by atoms with Crippen LogP contribution in [-0.4, -0.2) is 9.60 Å². The number of ether oxygens (including phenoxy) is 1. The van der Waals surface area contributed by atoms with Crippen molar-refractivity contribution in [2.45, 2.75) is 6.92 Å². The van der Waals surface area contributed by atoms with E-state index in [-0.39, 0.29) is 5.69 Å². The molecule has 0 amide bonds. The van der Waals surface area contributed by atoms with Gasteiger partial charge in [-0.1, -0.05) is 0 Å². The molecule has 1 heterocycles. The van der Waals surface area contributed by atoms with Crippen LogP contribution in [0.25, 0.3) is 0 Å². The lowest BCUT2D eigenvalue weighted by Gasteiger charge is -2.09. The molecule has 1 aromatic carbocycles. The van der Waals surface area contributed by atoms with Crippen LogP contribution >= 0.6 is 0 Å². The minimum absolute atomic E-state index is 0.0142. The van der Waals surface area contributed by atoms with Crippen LogP contribution in [0, 0.1) is 17.0 Å². The van der Waals surface area contributed by atoms with Gasteiger partial charge in [-0.05, 0) is 24.6 Å². The lowest BCUT2D eigenvalue weighted by molar-refractivity contribution is -0.384.